The molecule has 0 aliphatic carbocycles. The number of ether oxygens (including phenoxy) is 1. The molecule has 3 heteroatoms. The first kappa shape index (κ1) is 15.0. The molecular weight excluding hydrogens is 288 g/mol. The van der Waals surface area contributed by atoms with Crippen molar-refractivity contribution in [2.45, 2.75) is 13.8 Å². The second-order valence-corrected chi connectivity index (χ2v) is 5.48. The van der Waals surface area contributed by atoms with Crippen LogP contribution in [0.2, 0.25) is 0 Å². The second-order valence-electron chi connectivity index (χ2n) is 5.48. The monoisotopic (exact) mass is 304 g/mol. The topological polar surface area (TPSA) is 43.4 Å². The van der Waals surface area contributed by atoms with Gasteiger partial charge in [0.1, 0.15) is 5.75 Å². The van der Waals surface area contributed by atoms with Gasteiger partial charge in [-0.15, -0.1) is 0 Å². The Balaban J connectivity index is 2.07. The lowest BCUT2D eigenvalue weighted by atomic mass is 10.0. The van der Waals surface area contributed by atoms with Crippen molar-refractivity contribution < 1.29 is 14.3 Å². The van der Waals surface area contributed by atoms with Gasteiger partial charge in [0.15, 0.2) is 5.78 Å². The van der Waals surface area contributed by atoms with E-state index in [-0.39, 0.29) is 5.78 Å². The van der Waals surface area contributed by atoms with E-state index in [4.69, 9.17) is 4.74 Å². The molecule has 0 saturated heterocycles. The zero-order valence-electron chi connectivity index (χ0n) is 13.0. The molecule has 3 aromatic carbocycles. The third-order valence-corrected chi connectivity index (χ3v) is 3.74. The van der Waals surface area contributed by atoms with Gasteiger partial charge in [0.25, 0.3) is 0 Å². The number of esters is 1. The van der Waals surface area contributed by atoms with Crippen molar-refractivity contribution in [3.05, 3.63) is 77.4 Å². The zero-order chi connectivity index (χ0) is 16.4. The SMILES string of the molecule is CC(=O)c1ccc2ccccc2c1OC(=O)c1ccc(C)cc1. The summed E-state index contributed by atoms with van der Waals surface area (Å²) >= 11 is 0. The molecule has 0 fully saturated rings. The number of aryl methyl sites for hydroxylation is 1. The third-order valence-electron chi connectivity index (χ3n) is 3.74. The fourth-order valence-electron chi connectivity index (χ4n) is 2.47. The van der Waals surface area contributed by atoms with Gasteiger partial charge in [-0.25, -0.2) is 4.79 Å². The number of fused-ring (bicyclic) bond motifs is 1. The summed E-state index contributed by atoms with van der Waals surface area (Å²) in [6.45, 7) is 3.42. The Bertz CT molecular complexity index is 892. The maximum atomic E-state index is 12.4. The molecule has 0 heterocycles. The Hall–Kier alpha value is -2.94. The number of hydrogen-bond donors (Lipinski definition) is 0. The van der Waals surface area contributed by atoms with Crippen LogP contribution in [0.25, 0.3) is 10.8 Å². The van der Waals surface area contributed by atoms with Gasteiger partial charge in [-0.1, -0.05) is 48.0 Å². The molecular formula is C20H16O3. The molecule has 0 spiro atoms. The molecule has 114 valence electrons. The van der Waals surface area contributed by atoms with Crippen molar-refractivity contribution in [3.8, 4) is 5.75 Å². The predicted molar refractivity (Wildman–Crippen MR) is 90.1 cm³/mol. The van der Waals surface area contributed by atoms with Gasteiger partial charge < -0.3 is 4.74 Å². The molecule has 0 radical (unpaired) electrons. The van der Waals surface area contributed by atoms with Crippen LogP contribution in [0.3, 0.4) is 0 Å². The third kappa shape index (κ3) is 2.99. The molecule has 0 saturated carbocycles. The molecule has 0 unspecified atom stereocenters. The van der Waals surface area contributed by atoms with Crippen molar-refractivity contribution in [1.29, 1.82) is 0 Å². The van der Waals surface area contributed by atoms with Gasteiger partial charge in [0.2, 0.25) is 0 Å². The van der Waals surface area contributed by atoms with E-state index in [0.717, 1.165) is 16.3 Å². The molecule has 0 amide bonds. The summed E-state index contributed by atoms with van der Waals surface area (Å²) in [5, 5.41) is 1.67. The van der Waals surface area contributed by atoms with Gasteiger partial charge in [0, 0.05) is 5.39 Å². The highest BCUT2D eigenvalue weighted by Gasteiger charge is 2.17. The van der Waals surface area contributed by atoms with E-state index in [1.807, 2.05) is 49.4 Å². The maximum Gasteiger partial charge on any atom is 0.343 e. The summed E-state index contributed by atoms with van der Waals surface area (Å²) in [6, 6.07) is 18.2. The highest BCUT2D eigenvalue weighted by molar-refractivity contribution is 6.05. The van der Waals surface area contributed by atoms with Crippen molar-refractivity contribution in [2.75, 3.05) is 0 Å². The Kier molecular flexibility index (Phi) is 3.94. The first-order chi connectivity index (χ1) is 11.1. The minimum Gasteiger partial charge on any atom is -0.421 e. The fourth-order valence-corrected chi connectivity index (χ4v) is 2.47. The van der Waals surface area contributed by atoms with E-state index < -0.39 is 5.97 Å². The first-order valence-corrected chi connectivity index (χ1v) is 7.38. The molecule has 0 aliphatic heterocycles. The zero-order valence-corrected chi connectivity index (χ0v) is 13.0. The van der Waals surface area contributed by atoms with Crippen LogP contribution in [-0.2, 0) is 0 Å². The van der Waals surface area contributed by atoms with E-state index >= 15 is 0 Å². The number of ketones is 1. The van der Waals surface area contributed by atoms with E-state index in [1.54, 1.807) is 18.2 Å². The summed E-state index contributed by atoms with van der Waals surface area (Å²) in [5.41, 5.74) is 1.93. The van der Waals surface area contributed by atoms with Gasteiger partial charge in [0.05, 0.1) is 11.1 Å². The lowest BCUT2D eigenvalue weighted by Crippen LogP contribution is -2.11. The molecule has 23 heavy (non-hydrogen) atoms. The van der Waals surface area contributed by atoms with Crippen LogP contribution in [-0.4, -0.2) is 11.8 Å². The molecule has 3 aromatic rings. The van der Waals surface area contributed by atoms with E-state index in [2.05, 4.69) is 0 Å². The predicted octanol–water partition coefficient (Wildman–Crippen LogP) is 4.57. The van der Waals surface area contributed by atoms with Crippen LogP contribution in [0, 0.1) is 6.92 Å². The summed E-state index contributed by atoms with van der Waals surface area (Å²) in [7, 11) is 0. The van der Waals surface area contributed by atoms with Crippen molar-refractivity contribution >= 4 is 22.5 Å². The summed E-state index contributed by atoms with van der Waals surface area (Å²) in [6.07, 6.45) is 0. The Labute approximate surface area is 134 Å². The van der Waals surface area contributed by atoms with E-state index in [1.165, 1.54) is 6.92 Å². The second kappa shape index (κ2) is 6.05. The molecule has 0 aromatic heterocycles. The largest absolute Gasteiger partial charge is 0.421 e. The van der Waals surface area contributed by atoms with Crippen molar-refractivity contribution in [2.24, 2.45) is 0 Å². The number of carbonyl (C=O) groups is 2. The average Bonchev–Trinajstić information content (AvgIpc) is 2.55. The Morgan fingerprint density at radius 3 is 2.26 bits per heavy atom. The normalized spacial score (nSPS) is 10.5. The number of benzene rings is 3. The van der Waals surface area contributed by atoms with Crippen molar-refractivity contribution in [1.82, 2.24) is 0 Å². The lowest BCUT2D eigenvalue weighted by Gasteiger charge is -2.12. The summed E-state index contributed by atoms with van der Waals surface area (Å²) in [5.74, 6) is -0.285. The Morgan fingerprint density at radius 2 is 1.57 bits per heavy atom. The molecule has 0 bridgehead atoms. The lowest BCUT2D eigenvalue weighted by molar-refractivity contribution is 0.0735. The van der Waals surface area contributed by atoms with E-state index in [0.29, 0.717) is 16.9 Å². The average molecular weight is 304 g/mol. The van der Waals surface area contributed by atoms with Crippen LogP contribution in [0.1, 0.15) is 33.2 Å². The first-order valence-electron chi connectivity index (χ1n) is 7.38. The van der Waals surface area contributed by atoms with Crippen LogP contribution in [0.4, 0.5) is 0 Å². The van der Waals surface area contributed by atoms with Crippen LogP contribution in [0.5, 0.6) is 5.75 Å². The standard InChI is InChI=1S/C20H16O3/c1-13-7-9-16(10-8-13)20(22)23-19-17(14(2)21)12-11-15-5-3-4-6-18(15)19/h3-12H,1-2H3. The van der Waals surface area contributed by atoms with Gasteiger partial charge >= 0.3 is 5.97 Å². The summed E-state index contributed by atoms with van der Waals surface area (Å²) < 4.78 is 5.59. The molecule has 0 aliphatic rings. The van der Waals surface area contributed by atoms with Gasteiger partial charge in [-0.3, -0.25) is 4.79 Å². The quantitative estimate of drug-likeness (QED) is 0.404. The molecule has 3 nitrogen and oxygen atoms in total. The number of Topliss-reactive ketones (excluding diaryl/α,β-unsaturated/α-hetero) is 1. The maximum absolute atomic E-state index is 12.4. The molecule has 3 rings (SSSR count). The summed E-state index contributed by atoms with van der Waals surface area (Å²) in [4.78, 5) is 24.3. The minimum absolute atomic E-state index is 0.137. The Morgan fingerprint density at radius 1 is 0.870 bits per heavy atom. The number of hydrogen-bond acceptors (Lipinski definition) is 3. The van der Waals surface area contributed by atoms with Gasteiger partial charge in [-0.05, 0) is 37.4 Å². The smallest absolute Gasteiger partial charge is 0.343 e. The highest BCUT2D eigenvalue weighted by Crippen LogP contribution is 2.31. The molecule has 0 N–H and O–H groups in total. The highest BCUT2D eigenvalue weighted by atomic mass is 16.5. The fraction of sp³-hybridized carbons (Fsp3) is 0.100. The minimum atomic E-state index is -0.469. The number of rotatable bonds is 3. The van der Waals surface area contributed by atoms with E-state index in [9.17, 15) is 9.59 Å². The molecule has 0 atom stereocenters. The van der Waals surface area contributed by atoms with Gasteiger partial charge in [-0.2, -0.15) is 0 Å². The van der Waals surface area contributed by atoms with Crippen LogP contribution >= 0.6 is 0 Å². The van der Waals surface area contributed by atoms with Crippen LogP contribution < -0.4 is 4.74 Å². The van der Waals surface area contributed by atoms with Crippen molar-refractivity contribution in [3.63, 3.8) is 0 Å². The number of carbonyl (C=O) groups excluding carboxylic acids is 2. The van der Waals surface area contributed by atoms with Crippen LogP contribution in [0.15, 0.2) is 60.7 Å².